The number of methoxy groups -OCH3 is 1. The molecule has 2 aliphatic rings. The number of alkyl halides is 3. The third kappa shape index (κ3) is 2.29. The van der Waals surface area contributed by atoms with Crippen molar-refractivity contribution in [3.05, 3.63) is 17.5 Å². The number of carbonyl (C=O) groups excluding carboxylic acids is 1. The lowest BCUT2D eigenvalue weighted by atomic mass is 9.80. The number of fused-ring (bicyclic) bond motifs is 1. The number of hydrogen-bond donors (Lipinski definition) is 0. The van der Waals surface area contributed by atoms with Crippen LogP contribution in [0.1, 0.15) is 35.5 Å². The number of hydrogen-bond acceptors (Lipinski definition) is 4. The molecule has 1 aliphatic carbocycles. The fraction of sp³-hybridized carbons (Fsp3) is 0.714. The van der Waals surface area contributed by atoms with E-state index in [1.54, 1.807) is 0 Å². The third-order valence-corrected chi connectivity index (χ3v) is 4.78. The molecular formula is C14H17F3N2O3. The van der Waals surface area contributed by atoms with Gasteiger partial charge in [0.2, 0.25) is 5.76 Å². The zero-order valence-electron chi connectivity index (χ0n) is 12.2. The average Bonchev–Trinajstić information content (AvgIpc) is 3.10. The van der Waals surface area contributed by atoms with E-state index in [1.165, 1.54) is 18.1 Å². The van der Waals surface area contributed by atoms with Crippen LogP contribution in [0.25, 0.3) is 0 Å². The van der Waals surface area contributed by atoms with E-state index >= 15 is 0 Å². The maximum Gasteiger partial charge on any atom is 0.396 e. The van der Waals surface area contributed by atoms with Gasteiger partial charge in [0, 0.05) is 26.3 Å². The average molecular weight is 318 g/mol. The van der Waals surface area contributed by atoms with Crippen LogP contribution < -0.4 is 0 Å². The van der Waals surface area contributed by atoms with E-state index in [-0.39, 0.29) is 31.9 Å². The predicted octanol–water partition coefficient (Wildman–Crippen LogP) is 2.63. The Balaban J connectivity index is 1.78. The van der Waals surface area contributed by atoms with Crippen LogP contribution in [0.15, 0.2) is 10.6 Å². The Labute approximate surface area is 125 Å². The molecule has 22 heavy (non-hydrogen) atoms. The zero-order chi connectivity index (χ0) is 16.0. The first-order chi connectivity index (χ1) is 10.4. The summed E-state index contributed by atoms with van der Waals surface area (Å²) in [5, 5.41) is 3.67. The topological polar surface area (TPSA) is 55.6 Å². The number of nitrogens with zero attached hydrogens (tertiary/aromatic N) is 2. The van der Waals surface area contributed by atoms with E-state index in [1.807, 2.05) is 0 Å². The van der Waals surface area contributed by atoms with Gasteiger partial charge in [-0.05, 0) is 18.8 Å². The SMILES string of the molecule is COCc1cc(C(=O)N2C[C@@H]3CCC[C@]3(C(F)(F)F)C2)on1. The highest BCUT2D eigenvalue weighted by atomic mass is 19.4. The van der Waals surface area contributed by atoms with Gasteiger partial charge in [-0.3, -0.25) is 4.79 Å². The number of rotatable bonds is 3. The molecule has 3 rings (SSSR count). The molecule has 0 aromatic carbocycles. The Kier molecular flexibility index (Phi) is 3.66. The first-order valence-corrected chi connectivity index (χ1v) is 7.18. The fourth-order valence-electron chi connectivity index (χ4n) is 3.69. The van der Waals surface area contributed by atoms with Gasteiger partial charge in [-0.1, -0.05) is 11.6 Å². The molecule has 0 N–H and O–H groups in total. The minimum Gasteiger partial charge on any atom is -0.378 e. The fourth-order valence-corrected chi connectivity index (χ4v) is 3.69. The molecular weight excluding hydrogens is 301 g/mol. The van der Waals surface area contributed by atoms with Crippen molar-refractivity contribution >= 4 is 5.91 Å². The molecule has 0 spiro atoms. The van der Waals surface area contributed by atoms with Crippen LogP contribution in [-0.4, -0.2) is 42.3 Å². The van der Waals surface area contributed by atoms with Crippen LogP contribution in [0.2, 0.25) is 0 Å². The van der Waals surface area contributed by atoms with E-state index in [9.17, 15) is 18.0 Å². The molecule has 1 aliphatic heterocycles. The van der Waals surface area contributed by atoms with Gasteiger partial charge in [-0.25, -0.2) is 0 Å². The first-order valence-electron chi connectivity index (χ1n) is 7.18. The molecule has 1 aromatic rings. The van der Waals surface area contributed by atoms with Gasteiger partial charge in [-0.2, -0.15) is 13.2 Å². The van der Waals surface area contributed by atoms with Crippen molar-refractivity contribution in [2.75, 3.05) is 20.2 Å². The molecule has 1 amide bonds. The van der Waals surface area contributed by atoms with Crippen LogP contribution in [0.3, 0.4) is 0 Å². The second-order valence-corrected chi connectivity index (χ2v) is 6.04. The van der Waals surface area contributed by atoms with Crippen molar-refractivity contribution in [3.8, 4) is 0 Å². The number of carbonyl (C=O) groups is 1. The highest BCUT2D eigenvalue weighted by molar-refractivity contribution is 5.91. The summed E-state index contributed by atoms with van der Waals surface area (Å²) in [5.41, 5.74) is -1.31. The minimum absolute atomic E-state index is 0.0376. The van der Waals surface area contributed by atoms with Crippen molar-refractivity contribution in [2.24, 2.45) is 11.3 Å². The minimum atomic E-state index is -4.29. The van der Waals surface area contributed by atoms with E-state index in [4.69, 9.17) is 9.26 Å². The van der Waals surface area contributed by atoms with Crippen molar-refractivity contribution < 1.29 is 27.2 Å². The van der Waals surface area contributed by atoms with Crippen molar-refractivity contribution in [1.29, 1.82) is 0 Å². The standard InChI is InChI=1S/C14H17F3N2O3/c1-21-7-10-5-11(22-18-10)12(20)19-6-9-3-2-4-13(9,8-19)14(15,16)17/h5,9H,2-4,6-8H2,1H3/t9-,13-/m0/s1. The van der Waals surface area contributed by atoms with Gasteiger partial charge in [0.15, 0.2) is 0 Å². The van der Waals surface area contributed by atoms with Gasteiger partial charge < -0.3 is 14.2 Å². The second-order valence-electron chi connectivity index (χ2n) is 6.04. The smallest absolute Gasteiger partial charge is 0.378 e. The lowest BCUT2D eigenvalue weighted by Crippen LogP contribution is -2.42. The molecule has 5 nitrogen and oxygen atoms in total. The Morgan fingerprint density at radius 1 is 1.59 bits per heavy atom. The molecule has 2 heterocycles. The van der Waals surface area contributed by atoms with Crippen LogP contribution in [0, 0.1) is 11.3 Å². The van der Waals surface area contributed by atoms with Crippen molar-refractivity contribution in [1.82, 2.24) is 10.1 Å². The molecule has 1 aromatic heterocycles. The number of halogens is 3. The van der Waals surface area contributed by atoms with Crippen LogP contribution in [-0.2, 0) is 11.3 Å². The van der Waals surface area contributed by atoms with Gasteiger partial charge in [-0.15, -0.1) is 0 Å². The Morgan fingerprint density at radius 2 is 2.36 bits per heavy atom. The van der Waals surface area contributed by atoms with E-state index in [2.05, 4.69) is 5.16 Å². The quantitative estimate of drug-likeness (QED) is 0.860. The third-order valence-electron chi connectivity index (χ3n) is 4.78. The molecule has 2 fully saturated rings. The zero-order valence-corrected chi connectivity index (χ0v) is 12.2. The van der Waals surface area contributed by atoms with Crippen LogP contribution >= 0.6 is 0 Å². The van der Waals surface area contributed by atoms with Gasteiger partial charge >= 0.3 is 6.18 Å². The lowest BCUT2D eigenvalue weighted by Gasteiger charge is -2.31. The molecule has 8 heteroatoms. The second kappa shape index (κ2) is 5.26. The molecule has 1 saturated carbocycles. The first kappa shape index (κ1) is 15.3. The summed E-state index contributed by atoms with van der Waals surface area (Å²) in [6, 6.07) is 1.42. The number of ether oxygens (including phenoxy) is 1. The molecule has 1 saturated heterocycles. The van der Waals surface area contributed by atoms with Crippen molar-refractivity contribution in [3.63, 3.8) is 0 Å². The largest absolute Gasteiger partial charge is 0.396 e. The molecule has 0 radical (unpaired) electrons. The predicted molar refractivity (Wildman–Crippen MR) is 68.9 cm³/mol. The Hall–Kier alpha value is -1.57. The highest BCUT2D eigenvalue weighted by Crippen LogP contribution is 2.57. The Bertz CT molecular complexity index is 572. The maximum absolute atomic E-state index is 13.5. The van der Waals surface area contributed by atoms with Gasteiger partial charge in [0.05, 0.1) is 12.0 Å². The summed E-state index contributed by atoms with van der Waals surface area (Å²) in [4.78, 5) is 13.6. The monoisotopic (exact) mass is 318 g/mol. The summed E-state index contributed by atoms with van der Waals surface area (Å²) >= 11 is 0. The van der Waals surface area contributed by atoms with Gasteiger partial charge in [0.1, 0.15) is 5.69 Å². The molecule has 2 atom stereocenters. The summed E-state index contributed by atoms with van der Waals surface area (Å²) < 4.78 is 50.2. The van der Waals surface area contributed by atoms with E-state index < -0.39 is 23.4 Å². The summed E-state index contributed by atoms with van der Waals surface area (Å²) in [6.07, 6.45) is -3.12. The number of likely N-dealkylation sites (tertiary alicyclic amines) is 1. The van der Waals surface area contributed by atoms with E-state index in [0.717, 1.165) is 0 Å². The van der Waals surface area contributed by atoms with Crippen LogP contribution in [0.5, 0.6) is 0 Å². The molecule has 0 bridgehead atoms. The molecule has 0 unspecified atom stereocenters. The number of amides is 1. The van der Waals surface area contributed by atoms with Crippen molar-refractivity contribution in [2.45, 2.75) is 32.0 Å². The molecule has 122 valence electrons. The number of aromatic nitrogens is 1. The van der Waals surface area contributed by atoms with Crippen LogP contribution in [0.4, 0.5) is 13.2 Å². The summed E-state index contributed by atoms with van der Waals surface area (Å²) in [5.74, 6) is -1.09. The van der Waals surface area contributed by atoms with E-state index in [0.29, 0.717) is 18.5 Å². The maximum atomic E-state index is 13.5. The van der Waals surface area contributed by atoms with Gasteiger partial charge in [0.25, 0.3) is 5.91 Å². The lowest BCUT2D eigenvalue weighted by molar-refractivity contribution is -0.226. The highest BCUT2D eigenvalue weighted by Gasteiger charge is 2.65. The summed E-state index contributed by atoms with van der Waals surface area (Å²) in [6.45, 7) is 0.0187. The summed E-state index contributed by atoms with van der Waals surface area (Å²) in [7, 11) is 1.48. The normalized spacial score (nSPS) is 28.2. The Morgan fingerprint density at radius 3 is 3.00 bits per heavy atom.